The Hall–Kier alpha value is -0.120. The molecule has 1 saturated heterocycles. The topological polar surface area (TPSA) is 18.5 Å². The van der Waals surface area contributed by atoms with Crippen LogP contribution in [0.15, 0.2) is 0 Å². The van der Waals surface area contributed by atoms with Crippen LogP contribution in [-0.4, -0.2) is 62.7 Å². The molecule has 0 aromatic heterocycles. The van der Waals surface area contributed by atoms with Gasteiger partial charge in [-0.2, -0.15) is 0 Å². The van der Waals surface area contributed by atoms with Gasteiger partial charge in [0.1, 0.15) is 0 Å². The predicted molar refractivity (Wildman–Crippen MR) is 82.5 cm³/mol. The molecule has 2 aliphatic rings. The number of piperidine rings is 1. The Bertz CT molecular complexity index is 248. The minimum Gasteiger partial charge on any atom is -0.316 e. The Balaban J connectivity index is 1.66. The minimum absolute atomic E-state index is 0.851. The lowest BCUT2D eigenvalue weighted by Gasteiger charge is -2.44. The molecule has 1 aliphatic heterocycles. The van der Waals surface area contributed by atoms with Gasteiger partial charge in [-0.1, -0.05) is 6.92 Å². The molecule has 0 aromatic carbocycles. The monoisotopic (exact) mass is 267 g/mol. The quantitative estimate of drug-likeness (QED) is 0.712. The van der Waals surface area contributed by atoms with Gasteiger partial charge in [0.25, 0.3) is 0 Å². The number of likely N-dealkylation sites (tertiary alicyclic amines) is 1. The van der Waals surface area contributed by atoms with Gasteiger partial charge in [0, 0.05) is 12.6 Å². The van der Waals surface area contributed by atoms with Crippen LogP contribution in [0.2, 0.25) is 0 Å². The van der Waals surface area contributed by atoms with E-state index in [1.807, 2.05) is 0 Å². The maximum atomic E-state index is 3.60. The van der Waals surface area contributed by atoms with Crippen LogP contribution in [0, 0.1) is 11.8 Å². The van der Waals surface area contributed by atoms with Crippen molar-refractivity contribution in [2.75, 3.05) is 46.8 Å². The molecule has 0 radical (unpaired) electrons. The van der Waals surface area contributed by atoms with E-state index in [2.05, 4.69) is 36.1 Å². The van der Waals surface area contributed by atoms with Crippen LogP contribution < -0.4 is 5.32 Å². The number of rotatable bonds is 7. The average molecular weight is 267 g/mol. The second-order valence-electron chi connectivity index (χ2n) is 6.80. The van der Waals surface area contributed by atoms with Crippen molar-refractivity contribution in [2.24, 2.45) is 11.8 Å². The van der Waals surface area contributed by atoms with Crippen molar-refractivity contribution in [1.82, 2.24) is 15.1 Å². The third-order valence-electron chi connectivity index (χ3n) is 5.16. The summed E-state index contributed by atoms with van der Waals surface area (Å²) in [5, 5.41) is 3.60. The molecule has 2 rings (SSSR count). The molecular weight excluding hydrogens is 234 g/mol. The lowest BCUT2D eigenvalue weighted by Crippen LogP contribution is -2.50. The minimum atomic E-state index is 0.851. The lowest BCUT2D eigenvalue weighted by molar-refractivity contribution is 0.0598. The van der Waals surface area contributed by atoms with Gasteiger partial charge in [0.2, 0.25) is 0 Å². The molecule has 1 saturated carbocycles. The Labute approximate surface area is 119 Å². The highest BCUT2D eigenvalue weighted by Gasteiger charge is 2.34. The summed E-state index contributed by atoms with van der Waals surface area (Å²) in [7, 11) is 4.61. The van der Waals surface area contributed by atoms with E-state index in [4.69, 9.17) is 0 Å². The van der Waals surface area contributed by atoms with Gasteiger partial charge in [-0.25, -0.2) is 0 Å². The van der Waals surface area contributed by atoms with Crippen molar-refractivity contribution in [1.29, 1.82) is 0 Å². The van der Waals surface area contributed by atoms with Crippen LogP contribution in [0.3, 0.4) is 0 Å². The Morgan fingerprint density at radius 3 is 2.47 bits per heavy atom. The Morgan fingerprint density at radius 2 is 1.89 bits per heavy atom. The second-order valence-corrected chi connectivity index (χ2v) is 6.80. The third kappa shape index (κ3) is 4.44. The summed E-state index contributed by atoms with van der Waals surface area (Å²) in [6, 6.07) is 0.851. The van der Waals surface area contributed by atoms with E-state index in [0.717, 1.165) is 17.9 Å². The van der Waals surface area contributed by atoms with Crippen LogP contribution in [0.5, 0.6) is 0 Å². The van der Waals surface area contributed by atoms with Gasteiger partial charge in [-0.15, -0.1) is 0 Å². The van der Waals surface area contributed by atoms with Gasteiger partial charge >= 0.3 is 0 Å². The maximum absolute atomic E-state index is 3.60. The number of nitrogens with one attached hydrogen (secondary N) is 1. The fourth-order valence-electron chi connectivity index (χ4n) is 3.62. The molecule has 3 heteroatoms. The van der Waals surface area contributed by atoms with Crippen molar-refractivity contribution in [3.8, 4) is 0 Å². The summed E-state index contributed by atoms with van der Waals surface area (Å²) in [5.41, 5.74) is 0. The first kappa shape index (κ1) is 15.3. The first-order valence-corrected chi connectivity index (χ1v) is 8.30. The smallest absolute Gasteiger partial charge is 0.0133 e. The molecular formula is C16H33N3. The van der Waals surface area contributed by atoms with Crippen molar-refractivity contribution in [3.05, 3.63) is 0 Å². The summed E-state index contributed by atoms with van der Waals surface area (Å²) in [5.74, 6) is 1.84. The van der Waals surface area contributed by atoms with Gasteiger partial charge in [0.05, 0.1) is 0 Å². The highest BCUT2D eigenvalue weighted by molar-refractivity contribution is 4.90. The van der Waals surface area contributed by atoms with Crippen molar-refractivity contribution >= 4 is 0 Å². The predicted octanol–water partition coefficient (Wildman–Crippen LogP) is 2.04. The van der Waals surface area contributed by atoms with Gasteiger partial charge in [-0.05, 0) is 84.2 Å². The van der Waals surface area contributed by atoms with Crippen LogP contribution in [0.1, 0.15) is 39.0 Å². The first-order valence-electron chi connectivity index (χ1n) is 8.30. The molecule has 0 amide bonds. The highest BCUT2D eigenvalue weighted by Crippen LogP contribution is 2.32. The summed E-state index contributed by atoms with van der Waals surface area (Å²) in [6.45, 7) is 8.58. The molecule has 1 N–H and O–H groups in total. The fraction of sp³-hybridized carbons (Fsp3) is 1.00. The lowest BCUT2D eigenvalue weighted by atomic mass is 9.78. The molecule has 0 bridgehead atoms. The number of nitrogens with zero attached hydrogens (tertiary/aromatic N) is 2. The molecule has 2 unspecified atom stereocenters. The van der Waals surface area contributed by atoms with Crippen LogP contribution in [0.4, 0.5) is 0 Å². The van der Waals surface area contributed by atoms with E-state index < -0.39 is 0 Å². The van der Waals surface area contributed by atoms with E-state index in [1.165, 1.54) is 64.8 Å². The van der Waals surface area contributed by atoms with E-state index in [9.17, 15) is 0 Å². The Morgan fingerprint density at radius 1 is 1.16 bits per heavy atom. The van der Waals surface area contributed by atoms with Crippen LogP contribution in [-0.2, 0) is 0 Å². The molecule has 1 aliphatic carbocycles. The van der Waals surface area contributed by atoms with Crippen LogP contribution in [0.25, 0.3) is 0 Å². The molecule has 1 heterocycles. The van der Waals surface area contributed by atoms with Crippen LogP contribution >= 0.6 is 0 Å². The molecule has 0 aromatic rings. The third-order valence-corrected chi connectivity index (χ3v) is 5.16. The molecule has 0 spiro atoms. The first-order chi connectivity index (χ1) is 9.20. The summed E-state index contributed by atoms with van der Waals surface area (Å²) in [6.07, 6.45) is 6.89. The number of hydrogen-bond donors (Lipinski definition) is 1. The number of hydrogen-bond acceptors (Lipinski definition) is 3. The zero-order chi connectivity index (χ0) is 13.7. The SMILES string of the molecule is CCCNCC1CCC1N(C)CC1CCN(C)CC1. The van der Waals surface area contributed by atoms with Crippen molar-refractivity contribution in [3.63, 3.8) is 0 Å². The van der Waals surface area contributed by atoms with Gasteiger partial charge in [-0.3, -0.25) is 0 Å². The largest absolute Gasteiger partial charge is 0.316 e. The fourth-order valence-corrected chi connectivity index (χ4v) is 3.62. The second kappa shape index (κ2) is 7.61. The zero-order valence-electron chi connectivity index (χ0n) is 13.2. The van der Waals surface area contributed by atoms with Gasteiger partial charge < -0.3 is 15.1 Å². The van der Waals surface area contributed by atoms with Crippen molar-refractivity contribution in [2.45, 2.75) is 45.1 Å². The summed E-state index contributed by atoms with van der Waals surface area (Å²) < 4.78 is 0. The zero-order valence-corrected chi connectivity index (χ0v) is 13.2. The van der Waals surface area contributed by atoms with Gasteiger partial charge in [0.15, 0.2) is 0 Å². The molecule has 112 valence electrons. The summed E-state index contributed by atoms with van der Waals surface area (Å²) >= 11 is 0. The van der Waals surface area contributed by atoms with E-state index >= 15 is 0 Å². The van der Waals surface area contributed by atoms with E-state index in [-0.39, 0.29) is 0 Å². The standard InChI is InChI=1S/C16H33N3/c1-4-9-17-12-15-5-6-16(15)19(3)13-14-7-10-18(2)11-8-14/h14-17H,4-13H2,1-3H3. The van der Waals surface area contributed by atoms with Crippen molar-refractivity contribution < 1.29 is 0 Å². The maximum Gasteiger partial charge on any atom is 0.0133 e. The molecule has 3 nitrogen and oxygen atoms in total. The highest BCUT2D eigenvalue weighted by atomic mass is 15.2. The van der Waals surface area contributed by atoms with E-state index in [1.54, 1.807) is 0 Å². The molecule has 2 atom stereocenters. The van der Waals surface area contributed by atoms with E-state index in [0.29, 0.717) is 0 Å². The summed E-state index contributed by atoms with van der Waals surface area (Å²) in [4.78, 5) is 5.13. The molecule has 2 fully saturated rings. The normalized spacial score (nSPS) is 29.7. The average Bonchev–Trinajstić information content (AvgIpc) is 2.36. The Kier molecular flexibility index (Phi) is 6.11. The molecule has 19 heavy (non-hydrogen) atoms.